The van der Waals surface area contributed by atoms with Crippen molar-refractivity contribution in [1.29, 1.82) is 0 Å². The predicted molar refractivity (Wildman–Crippen MR) is 130 cm³/mol. The molecular formula is C26H27Cl2FN2O4. The number of aliphatic hydroxyl groups is 1. The van der Waals surface area contributed by atoms with Gasteiger partial charge in [0.1, 0.15) is 11.6 Å². The van der Waals surface area contributed by atoms with Crippen LogP contribution < -0.4 is 10.1 Å². The van der Waals surface area contributed by atoms with Crippen LogP contribution in [0.1, 0.15) is 50.0 Å². The molecule has 1 heterocycles. The molecule has 3 saturated carbocycles. The standard InChI is InChI=1S/C26H27Cl2FN2O4/c27-17-3-1-16(2-4-17)19-7-12-31(24(19)34)25-8-10-26(11-9-25,22(32)14-25)30-23(33)15-35-18-5-6-20(28)21(29)13-18/h1-6,13,19,22,32H,7-12,14-15H2,(H,30,33)/t19-,22?,25?,26?/m1/s1. The normalized spacial score (nSPS) is 29.9. The lowest BCUT2D eigenvalue weighted by Gasteiger charge is -2.59. The molecule has 6 nitrogen and oxygen atoms in total. The molecule has 2 aromatic carbocycles. The number of hydrogen-bond acceptors (Lipinski definition) is 4. The van der Waals surface area contributed by atoms with Gasteiger partial charge in [-0.2, -0.15) is 0 Å². The molecule has 1 aliphatic heterocycles. The Kier molecular flexibility index (Phi) is 6.45. The molecular weight excluding hydrogens is 494 g/mol. The topological polar surface area (TPSA) is 78.9 Å². The number of amides is 2. The second-order valence-electron chi connectivity index (χ2n) is 9.90. The fraction of sp³-hybridized carbons (Fsp3) is 0.462. The molecule has 2 N–H and O–H groups in total. The van der Waals surface area contributed by atoms with E-state index in [1.54, 1.807) is 12.1 Å². The molecule has 3 aliphatic carbocycles. The van der Waals surface area contributed by atoms with Crippen molar-refractivity contribution < 1.29 is 23.8 Å². The van der Waals surface area contributed by atoms with Crippen LogP contribution in [0.15, 0.2) is 42.5 Å². The van der Waals surface area contributed by atoms with E-state index in [1.165, 1.54) is 12.1 Å². The number of halogens is 3. The zero-order chi connectivity index (χ0) is 24.8. The first kappa shape index (κ1) is 24.3. The van der Waals surface area contributed by atoms with Crippen LogP contribution in [0.4, 0.5) is 4.39 Å². The van der Waals surface area contributed by atoms with Gasteiger partial charge < -0.3 is 20.1 Å². The average Bonchev–Trinajstić information content (AvgIpc) is 3.23. The second kappa shape index (κ2) is 9.26. The van der Waals surface area contributed by atoms with Crippen LogP contribution in [-0.4, -0.2) is 52.2 Å². The minimum absolute atomic E-state index is 0.0207. The van der Waals surface area contributed by atoms with Crippen molar-refractivity contribution >= 4 is 35.0 Å². The van der Waals surface area contributed by atoms with E-state index >= 15 is 0 Å². The molecule has 0 aromatic heterocycles. The first-order valence-electron chi connectivity index (χ1n) is 11.9. The van der Waals surface area contributed by atoms with Gasteiger partial charge in [-0.1, -0.05) is 35.3 Å². The van der Waals surface area contributed by atoms with Crippen LogP contribution in [0.5, 0.6) is 5.75 Å². The van der Waals surface area contributed by atoms with Gasteiger partial charge >= 0.3 is 0 Å². The number of nitrogens with one attached hydrogen (secondary N) is 1. The molecule has 1 unspecified atom stereocenters. The third-order valence-corrected chi connectivity index (χ3v) is 8.54. The van der Waals surface area contributed by atoms with Crippen LogP contribution >= 0.6 is 23.2 Å². The molecule has 2 bridgehead atoms. The Hall–Kier alpha value is -2.35. The molecule has 2 aromatic rings. The number of aliphatic hydroxyl groups excluding tert-OH is 1. The molecule has 6 rings (SSSR count). The number of rotatable bonds is 6. The Morgan fingerprint density at radius 3 is 2.51 bits per heavy atom. The summed E-state index contributed by atoms with van der Waals surface area (Å²) in [5, 5.41) is 14.7. The molecule has 0 spiro atoms. The summed E-state index contributed by atoms with van der Waals surface area (Å²) in [6.07, 6.45) is 2.97. The van der Waals surface area contributed by atoms with Crippen LogP contribution in [0.25, 0.3) is 0 Å². The number of hydrogen-bond donors (Lipinski definition) is 2. The van der Waals surface area contributed by atoms with E-state index in [9.17, 15) is 19.1 Å². The third kappa shape index (κ3) is 4.50. The van der Waals surface area contributed by atoms with Gasteiger partial charge in [0.2, 0.25) is 5.91 Å². The van der Waals surface area contributed by atoms with Gasteiger partial charge in [0.05, 0.1) is 22.6 Å². The summed E-state index contributed by atoms with van der Waals surface area (Å²) in [4.78, 5) is 28.0. The maximum atomic E-state index is 13.6. The maximum Gasteiger partial charge on any atom is 0.258 e. The number of carbonyl (C=O) groups is 2. The molecule has 35 heavy (non-hydrogen) atoms. The SMILES string of the molecule is O=C(COc1ccc(Cl)c(F)c1)NC12CCC(N3CC[C@H](c4ccc(Cl)cc4)C3=O)(CC1)CC2O. The van der Waals surface area contributed by atoms with Crippen molar-refractivity contribution in [3.8, 4) is 5.75 Å². The lowest BCUT2D eigenvalue weighted by atomic mass is 9.59. The molecule has 4 aliphatic rings. The maximum absolute atomic E-state index is 13.6. The minimum atomic E-state index is -0.774. The van der Waals surface area contributed by atoms with Crippen molar-refractivity contribution in [3.63, 3.8) is 0 Å². The van der Waals surface area contributed by atoms with E-state index in [2.05, 4.69) is 5.32 Å². The van der Waals surface area contributed by atoms with Gasteiger partial charge in [-0.3, -0.25) is 9.59 Å². The zero-order valence-corrected chi connectivity index (χ0v) is 20.6. The van der Waals surface area contributed by atoms with Gasteiger partial charge in [-0.05, 0) is 68.4 Å². The van der Waals surface area contributed by atoms with E-state index in [0.29, 0.717) is 43.7 Å². The van der Waals surface area contributed by atoms with E-state index < -0.39 is 17.5 Å². The van der Waals surface area contributed by atoms with Crippen molar-refractivity contribution in [2.45, 2.75) is 61.6 Å². The third-order valence-electron chi connectivity index (χ3n) is 7.98. The van der Waals surface area contributed by atoms with Crippen LogP contribution in [0.2, 0.25) is 10.0 Å². The van der Waals surface area contributed by atoms with Crippen molar-refractivity contribution in [3.05, 3.63) is 63.9 Å². The zero-order valence-electron chi connectivity index (χ0n) is 19.1. The van der Waals surface area contributed by atoms with Gasteiger partial charge in [-0.15, -0.1) is 0 Å². The predicted octanol–water partition coefficient (Wildman–Crippen LogP) is 4.46. The Balaban J connectivity index is 1.21. The molecule has 0 radical (unpaired) electrons. The van der Waals surface area contributed by atoms with Gasteiger partial charge in [0.15, 0.2) is 6.61 Å². The number of benzene rings is 2. The summed E-state index contributed by atoms with van der Waals surface area (Å²) in [6.45, 7) is 0.359. The first-order chi connectivity index (χ1) is 16.7. The number of ether oxygens (including phenoxy) is 1. The molecule has 1 saturated heterocycles. The summed E-state index contributed by atoms with van der Waals surface area (Å²) < 4.78 is 19.0. The summed E-state index contributed by atoms with van der Waals surface area (Å²) in [5.41, 5.74) is -0.166. The number of nitrogens with zero attached hydrogens (tertiary/aromatic N) is 1. The highest BCUT2D eigenvalue weighted by Gasteiger charge is 2.59. The van der Waals surface area contributed by atoms with Gasteiger partial charge in [0.25, 0.3) is 5.91 Å². The molecule has 2 amide bonds. The Morgan fingerprint density at radius 2 is 1.86 bits per heavy atom. The van der Waals surface area contributed by atoms with Crippen molar-refractivity contribution in [2.75, 3.05) is 13.2 Å². The summed E-state index contributed by atoms with van der Waals surface area (Å²) >= 11 is 11.7. The quantitative estimate of drug-likeness (QED) is 0.589. The van der Waals surface area contributed by atoms with Crippen molar-refractivity contribution in [2.24, 2.45) is 0 Å². The average molecular weight is 521 g/mol. The van der Waals surface area contributed by atoms with Gasteiger partial charge in [-0.25, -0.2) is 4.39 Å². The monoisotopic (exact) mass is 520 g/mol. The van der Waals surface area contributed by atoms with E-state index in [4.69, 9.17) is 27.9 Å². The number of fused-ring (bicyclic) bond motifs is 3. The fourth-order valence-electron chi connectivity index (χ4n) is 6.03. The molecule has 186 valence electrons. The van der Waals surface area contributed by atoms with Crippen molar-refractivity contribution in [1.82, 2.24) is 10.2 Å². The highest BCUT2D eigenvalue weighted by atomic mass is 35.5. The molecule has 2 atom stereocenters. The number of likely N-dealkylation sites (tertiary alicyclic amines) is 1. The van der Waals surface area contributed by atoms with Crippen LogP contribution in [-0.2, 0) is 9.59 Å². The first-order valence-corrected chi connectivity index (χ1v) is 12.6. The Morgan fingerprint density at radius 1 is 1.14 bits per heavy atom. The van der Waals surface area contributed by atoms with Crippen LogP contribution in [0.3, 0.4) is 0 Å². The van der Waals surface area contributed by atoms with Crippen LogP contribution in [0, 0.1) is 5.82 Å². The molecule has 4 fully saturated rings. The fourth-order valence-corrected chi connectivity index (χ4v) is 6.27. The second-order valence-corrected chi connectivity index (χ2v) is 10.7. The highest BCUT2D eigenvalue weighted by Crippen LogP contribution is 2.52. The molecule has 9 heteroatoms. The summed E-state index contributed by atoms with van der Waals surface area (Å²) in [6, 6.07) is 11.4. The smallest absolute Gasteiger partial charge is 0.258 e. The highest BCUT2D eigenvalue weighted by molar-refractivity contribution is 6.31. The lowest BCUT2D eigenvalue weighted by molar-refractivity contribution is -0.152. The Bertz CT molecular complexity index is 1130. The van der Waals surface area contributed by atoms with E-state index in [-0.39, 0.29) is 40.7 Å². The lowest BCUT2D eigenvalue weighted by Crippen LogP contribution is -2.70. The van der Waals surface area contributed by atoms with E-state index in [0.717, 1.165) is 18.1 Å². The summed E-state index contributed by atoms with van der Waals surface area (Å²) in [5.74, 6) is -0.893. The largest absolute Gasteiger partial charge is 0.484 e. The Labute approximate surface area is 213 Å². The minimum Gasteiger partial charge on any atom is -0.484 e. The number of carbonyl (C=O) groups excluding carboxylic acids is 2. The summed E-state index contributed by atoms with van der Waals surface area (Å²) in [7, 11) is 0. The van der Waals surface area contributed by atoms with E-state index in [1.807, 2.05) is 17.0 Å². The van der Waals surface area contributed by atoms with Gasteiger partial charge in [0, 0.05) is 23.2 Å².